The Morgan fingerprint density at radius 2 is 0.871 bits per heavy atom. The molecule has 2 aliphatic rings. The molecule has 0 saturated carbocycles. The Labute approximate surface area is 420 Å². The number of carbonyl (C=O) groups is 2. The molecule has 0 aromatic carbocycles. The molecule has 0 aliphatic carbocycles. The summed E-state index contributed by atoms with van der Waals surface area (Å²) in [5.41, 5.74) is 0. The smallest absolute Gasteiger partial charge is 0.306 e. The fourth-order valence-corrected chi connectivity index (χ4v) is 8.29. The normalized spacial score (nSPS) is 25.7. The van der Waals surface area contributed by atoms with Crippen LogP contribution in [-0.4, -0.2) is 142 Å². The van der Waals surface area contributed by atoms with E-state index in [0.29, 0.717) is 19.3 Å². The zero-order valence-electron chi connectivity index (χ0n) is 43.0. The quantitative estimate of drug-likeness (QED) is 0.0173. The maximum atomic E-state index is 13.0. The molecule has 4 unspecified atom stereocenters. The number of esters is 2. The number of rotatable bonds is 42. The average Bonchev–Trinajstić information content (AvgIpc) is 3.35. The third kappa shape index (κ3) is 29.2. The van der Waals surface area contributed by atoms with Crippen molar-refractivity contribution in [3.63, 3.8) is 0 Å². The summed E-state index contributed by atoms with van der Waals surface area (Å²) in [6.07, 6.45) is 30.0. The average molecular weight is 997 g/mol. The Balaban J connectivity index is 1.81. The van der Waals surface area contributed by atoms with Gasteiger partial charge in [0.25, 0.3) is 0 Å². The first-order valence-corrected chi connectivity index (χ1v) is 27.2. The van der Waals surface area contributed by atoms with E-state index in [9.17, 15) is 45.3 Å². The number of aliphatic hydroxyl groups excluding tert-OH is 7. The number of hydrogen-bond acceptors (Lipinski definition) is 15. The zero-order chi connectivity index (χ0) is 51.0. The van der Waals surface area contributed by atoms with Gasteiger partial charge in [-0.05, 0) is 70.6 Å². The molecule has 0 aromatic heterocycles. The predicted molar refractivity (Wildman–Crippen MR) is 270 cm³/mol. The molecule has 11 atom stereocenters. The van der Waals surface area contributed by atoms with Crippen LogP contribution in [0.25, 0.3) is 0 Å². The van der Waals surface area contributed by atoms with Crippen molar-refractivity contribution in [2.75, 3.05) is 26.4 Å². The molecule has 70 heavy (non-hydrogen) atoms. The van der Waals surface area contributed by atoms with Gasteiger partial charge in [-0.3, -0.25) is 9.59 Å². The summed E-state index contributed by atoms with van der Waals surface area (Å²) in [5, 5.41) is 72.1. The van der Waals surface area contributed by atoms with Gasteiger partial charge < -0.3 is 64.2 Å². The molecule has 0 amide bonds. The van der Waals surface area contributed by atoms with Gasteiger partial charge in [-0.25, -0.2) is 0 Å². The van der Waals surface area contributed by atoms with Gasteiger partial charge in [-0.15, -0.1) is 0 Å². The molecular weight excluding hydrogens is 901 g/mol. The van der Waals surface area contributed by atoms with Crippen LogP contribution in [0.4, 0.5) is 0 Å². The van der Waals surface area contributed by atoms with Crippen molar-refractivity contribution in [3.8, 4) is 0 Å². The lowest BCUT2D eigenvalue weighted by Crippen LogP contribution is -2.61. The Bertz CT molecular complexity index is 1400. The van der Waals surface area contributed by atoms with Crippen molar-refractivity contribution >= 4 is 11.9 Å². The number of unbranched alkanes of at least 4 members (excludes halogenated alkanes) is 20. The maximum Gasteiger partial charge on any atom is 0.306 e. The third-order valence-electron chi connectivity index (χ3n) is 12.8. The van der Waals surface area contributed by atoms with Gasteiger partial charge in [0.1, 0.15) is 55.4 Å². The first kappa shape index (κ1) is 63.6. The lowest BCUT2D eigenvalue weighted by atomic mass is 9.98. The molecule has 0 bridgehead atoms. The van der Waals surface area contributed by atoms with Gasteiger partial charge >= 0.3 is 11.9 Å². The van der Waals surface area contributed by atoms with Crippen molar-refractivity contribution in [3.05, 3.63) is 48.6 Å². The molecule has 2 fully saturated rings. The fraction of sp³-hybridized carbons (Fsp3) is 0.818. The van der Waals surface area contributed by atoms with Gasteiger partial charge in [-0.1, -0.05) is 159 Å². The Hall–Kier alpha value is -2.54. The molecular formula is C55H96O15. The van der Waals surface area contributed by atoms with Gasteiger partial charge in [-0.2, -0.15) is 0 Å². The van der Waals surface area contributed by atoms with Crippen molar-refractivity contribution in [2.45, 2.75) is 261 Å². The molecule has 0 aromatic rings. The van der Waals surface area contributed by atoms with Crippen LogP contribution in [0.3, 0.4) is 0 Å². The van der Waals surface area contributed by atoms with Gasteiger partial charge in [0.2, 0.25) is 0 Å². The summed E-state index contributed by atoms with van der Waals surface area (Å²) in [4.78, 5) is 25.8. The highest BCUT2D eigenvalue weighted by molar-refractivity contribution is 5.70. The second kappa shape index (κ2) is 41.9. The van der Waals surface area contributed by atoms with E-state index in [1.54, 1.807) is 0 Å². The summed E-state index contributed by atoms with van der Waals surface area (Å²) in [6.45, 7) is 2.52. The molecule has 2 saturated heterocycles. The SMILES string of the molecule is CCCCC/C=C/C/C=C/CCCCCCCCCC(=O)OC[C@@H](CO[C@@H]1O[C@H](CO[C@@H]2O[C@H](CO)[C@H](O)C(O)C2O)[C@H](O)C(O)C1O)OC(=O)CCC/C=C/C/C=C/CCCCCCCCCCC. The van der Waals surface area contributed by atoms with E-state index < -0.39 is 99.3 Å². The van der Waals surface area contributed by atoms with Crippen LogP contribution in [0.5, 0.6) is 0 Å². The number of hydrogen-bond donors (Lipinski definition) is 7. The second-order valence-electron chi connectivity index (χ2n) is 19.0. The van der Waals surface area contributed by atoms with E-state index in [1.807, 2.05) is 6.08 Å². The summed E-state index contributed by atoms with van der Waals surface area (Å²) in [5.74, 6) is -0.986. The summed E-state index contributed by atoms with van der Waals surface area (Å²) in [6, 6.07) is 0. The molecule has 0 radical (unpaired) electrons. The molecule has 406 valence electrons. The van der Waals surface area contributed by atoms with Crippen molar-refractivity contribution in [2.24, 2.45) is 0 Å². The lowest BCUT2D eigenvalue weighted by molar-refractivity contribution is -0.332. The monoisotopic (exact) mass is 997 g/mol. The number of ether oxygens (including phenoxy) is 6. The highest BCUT2D eigenvalue weighted by Gasteiger charge is 2.47. The summed E-state index contributed by atoms with van der Waals surface area (Å²) >= 11 is 0. The van der Waals surface area contributed by atoms with Crippen molar-refractivity contribution in [1.29, 1.82) is 0 Å². The largest absolute Gasteiger partial charge is 0.462 e. The number of allylic oxidation sites excluding steroid dienone is 8. The zero-order valence-corrected chi connectivity index (χ0v) is 43.0. The highest BCUT2D eigenvalue weighted by atomic mass is 16.7. The first-order valence-electron chi connectivity index (χ1n) is 27.2. The minimum Gasteiger partial charge on any atom is -0.462 e. The van der Waals surface area contributed by atoms with Gasteiger partial charge in [0.15, 0.2) is 18.7 Å². The van der Waals surface area contributed by atoms with E-state index in [-0.39, 0.29) is 19.4 Å². The van der Waals surface area contributed by atoms with Crippen LogP contribution >= 0.6 is 0 Å². The van der Waals surface area contributed by atoms with Crippen LogP contribution in [0.2, 0.25) is 0 Å². The molecule has 15 heteroatoms. The molecule has 0 spiro atoms. The molecule has 7 N–H and O–H groups in total. The van der Waals surface area contributed by atoms with Crippen molar-refractivity contribution in [1.82, 2.24) is 0 Å². The lowest BCUT2D eigenvalue weighted by Gasteiger charge is -2.42. The number of aliphatic hydroxyl groups is 7. The van der Waals surface area contributed by atoms with Crippen LogP contribution in [-0.2, 0) is 38.0 Å². The standard InChI is InChI=1S/C55H96O15/c1-3-5-7-9-11-13-15-17-19-21-23-25-27-29-31-33-35-37-46(57)65-40-43(68-47(58)38-36-34-32-30-28-26-24-22-20-18-16-14-12-10-8-6-4-2)41-66-54-53(64)51(62)49(60)45(70-54)42-67-55-52(63)50(61)48(59)44(39-56)69-55/h11,13,17,19,24,26,30,32,43-45,48-56,59-64H,3-10,12,14-16,18,20-23,25,27-29,31,33-42H2,1-2H3/b13-11+,19-17+,26-24+,32-30+/t43-,44+,45+,48-,49-,50?,51?,52?,53?,54+,55+/m0/s1. The Morgan fingerprint density at radius 1 is 0.457 bits per heavy atom. The topological polar surface area (TPSA) is 231 Å². The second-order valence-corrected chi connectivity index (χ2v) is 19.0. The van der Waals surface area contributed by atoms with Crippen LogP contribution in [0.15, 0.2) is 48.6 Å². The fourth-order valence-electron chi connectivity index (χ4n) is 8.29. The van der Waals surface area contributed by atoms with Crippen molar-refractivity contribution < 1.29 is 73.8 Å². The van der Waals surface area contributed by atoms with Gasteiger partial charge in [0, 0.05) is 12.8 Å². The van der Waals surface area contributed by atoms with E-state index >= 15 is 0 Å². The van der Waals surface area contributed by atoms with Crippen LogP contribution in [0, 0.1) is 0 Å². The van der Waals surface area contributed by atoms with Crippen LogP contribution in [0.1, 0.15) is 194 Å². The van der Waals surface area contributed by atoms with E-state index in [4.69, 9.17) is 28.4 Å². The third-order valence-corrected chi connectivity index (χ3v) is 12.8. The minimum absolute atomic E-state index is 0.0988. The van der Waals surface area contributed by atoms with E-state index in [1.165, 1.54) is 96.3 Å². The molecule has 2 heterocycles. The van der Waals surface area contributed by atoms with Gasteiger partial charge in [0.05, 0.1) is 19.8 Å². The predicted octanol–water partition coefficient (Wildman–Crippen LogP) is 8.27. The number of carbonyl (C=O) groups excluding carboxylic acids is 2. The Kier molecular flexibility index (Phi) is 38.0. The Morgan fingerprint density at radius 3 is 1.40 bits per heavy atom. The summed E-state index contributed by atoms with van der Waals surface area (Å²) in [7, 11) is 0. The molecule has 15 nitrogen and oxygen atoms in total. The van der Waals surface area contributed by atoms with E-state index in [0.717, 1.165) is 51.4 Å². The molecule has 2 aliphatic heterocycles. The van der Waals surface area contributed by atoms with E-state index in [2.05, 4.69) is 56.4 Å². The highest BCUT2D eigenvalue weighted by Crippen LogP contribution is 2.26. The molecule has 2 rings (SSSR count). The minimum atomic E-state index is -1.77. The first-order chi connectivity index (χ1) is 34.0. The van der Waals surface area contributed by atoms with Crippen LogP contribution < -0.4 is 0 Å². The summed E-state index contributed by atoms with van der Waals surface area (Å²) < 4.78 is 33.6. The maximum absolute atomic E-state index is 13.0.